The smallest absolute Gasteiger partial charge is 0.321 e. The highest BCUT2D eigenvalue weighted by atomic mass is 16.2. The van der Waals surface area contributed by atoms with E-state index in [0.29, 0.717) is 6.54 Å². The molecule has 0 aliphatic rings. The molecular formula is C10H20N4O3. The van der Waals surface area contributed by atoms with Gasteiger partial charge in [-0.15, -0.1) is 0 Å². The molecule has 7 nitrogen and oxygen atoms in total. The fraction of sp³-hybridized carbons (Fsp3) is 0.700. The van der Waals surface area contributed by atoms with Crippen molar-refractivity contribution in [1.29, 1.82) is 0 Å². The van der Waals surface area contributed by atoms with Crippen LogP contribution in [-0.2, 0) is 9.59 Å². The van der Waals surface area contributed by atoms with Crippen molar-refractivity contribution in [2.75, 3.05) is 20.1 Å². The molecule has 0 fully saturated rings. The van der Waals surface area contributed by atoms with Gasteiger partial charge in [0.25, 0.3) is 0 Å². The van der Waals surface area contributed by atoms with Gasteiger partial charge in [-0.05, 0) is 13.3 Å². The van der Waals surface area contributed by atoms with Crippen LogP contribution in [0.5, 0.6) is 0 Å². The molecule has 0 aliphatic carbocycles. The summed E-state index contributed by atoms with van der Waals surface area (Å²) in [5.74, 6) is -0.654. The van der Waals surface area contributed by atoms with E-state index in [4.69, 9.17) is 0 Å². The molecule has 7 heteroatoms. The summed E-state index contributed by atoms with van der Waals surface area (Å²) < 4.78 is 0. The van der Waals surface area contributed by atoms with Crippen molar-refractivity contribution in [2.24, 2.45) is 0 Å². The van der Waals surface area contributed by atoms with Crippen LogP contribution in [0.25, 0.3) is 0 Å². The van der Waals surface area contributed by atoms with Crippen molar-refractivity contribution in [1.82, 2.24) is 21.3 Å². The molecule has 0 heterocycles. The first-order chi connectivity index (χ1) is 8.01. The van der Waals surface area contributed by atoms with E-state index in [-0.39, 0.29) is 12.5 Å². The maximum Gasteiger partial charge on any atom is 0.321 e. The Labute approximate surface area is 101 Å². The van der Waals surface area contributed by atoms with Crippen molar-refractivity contribution < 1.29 is 14.4 Å². The predicted molar refractivity (Wildman–Crippen MR) is 63.4 cm³/mol. The lowest BCUT2D eigenvalue weighted by Crippen LogP contribution is -2.49. The number of hydrogen-bond acceptors (Lipinski definition) is 4. The second-order valence-electron chi connectivity index (χ2n) is 3.52. The number of urea groups is 1. The zero-order valence-electron chi connectivity index (χ0n) is 10.4. The molecule has 0 spiro atoms. The van der Waals surface area contributed by atoms with E-state index in [1.807, 2.05) is 6.92 Å². The van der Waals surface area contributed by atoms with Gasteiger partial charge in [0.05, 0.1) is 12.6 Å². The Morgan fingerprint density at radius 2 is 1.88 bits per heavy atom. The van der Waals surface area contributed by atoms with Crippen LogP contribution in [0.15, 0.2) is 0 Å². The fourth-order valence-corrected chi connectivity index (χ4v) is 0.948. The topological polar surface area (TPSA) is 99.3 Å². The average molecular weight is 244 g/mol. The average Bonchev–Trinajstić information content (AvgIpc) is 2.32. The summed E-state index contributed by atoms with van der Waals surface area (Å²) in [5, 5.41) is 9.76. The molecule has 0 aromatic heterocycles. The molecule has 1 unspecified atom stereocenters. The molecule has 4 N–H and O–H groups in total. The van der Waals surface area contributed by atoms with Gasteiger partial charge < -0.3 is 10.6 Å². The standard InChI is InChI=1S/C10H20N4O3/c1-4-5-12-8(15)6-13-7(2)9(16)14-10(17)11-3/h7,13H,4-6H2,1-3H3,(H,12,15)(H2,11,14,16,17). The maximum atomic E-state index is 11.4. The summed E-state index contributed by atoms with van der Waals surface area (Å²) in [4.78, 5) is 33.5. The quantitative estimate of drug-likeness (QED) is 0.479. The van der Waals surface area contributed by atoms with Gasteiger partial charge in [0, 0.05) is 13.6 Å². The van der Waals surface area contributed by atoms with Gasteiger partial charge in [-0.1, -0.05) is 6.92 Å². The summed E-state index contributed by atoms with van der Waals surface area (Å²) in [6.45, 7) is 4.18. The van der Waals surface area contributed by atoms with E-state index in [2.05, 4.69) is 21.3 Å². The minimum Gasteiger partial charge on any atom is -0.355 e. The molecule has 98 valence electrons. The van der Waals surface area contributed by atoms with E-state index in [1.165, 1.54) is 7.05 Å². The number of nitrogens with one attached hydrogen (secondary N) is 4. The molecule has 17 heavy (non-hydrogen) atoms. The predicted octanol–water partition coefficient (Wildman–Crippen LogP) is -1.05. The van der Waals surface area contributed by atoms with E-state index in [0.717, 1.165) is 6.42 Å². The second-order valence-corrected chi connectivity index (χ2v) is 3.52. The van der Waals surface area contributed by atoms with Gasteiger partial charge in [0.2, 0.25) is 11.8 Å². The van der Waals surface area contributed by atoms with Gasteiger partial charge >= 0.3 is 6.03 Å². The van der Waals surface area contributed by atoms with Crippen LogP contribution >= 0.6 is 0 Å². The number of imide groups is 1. The van der Waals surface area contributed by atoms with Crippen LogP contribution in [0.2, 0.25) is 0 Å². The van der Waals surface area contributed by atoms with Crippen LogP contribution in [0.4, 0.5) is 4.79 Å². The third-order valence-corrected chi connectivity index (χ3v) is 2.00. The maximum absolute atomic E-state index is 11.4. The third kappa shape index (κ3) is 7.29. The summed E-state index contributed by atoms with van der Waals surface area (Å²) in [7, 11) is 1.42. The summed E-state index contributed by atoms with van der Waals surface area (Å²) in [6.07, 6.45) is 0.860. The lowest BCUT2D eigenvalue weighted by atomic mass is 10.3. The fourth-order valence-electron chi connectivity index (χ4n) is 0.948. The molecular weight excluding hydrogens is 224 g/mol. The van der Waals surface area contributed by atoms with E-state index < -0.39 is 18.0 Å². The van der Waals surface area contributed by atoms with Gasteiger partial charge in [0.1, 0.15) is 0 Å². The van der Waals surface area contributed by atoms with Crippen molar-refractivity contribution in [3.05, 3.63) is 0 Å². The normalized spacial score (nSPS) is 11.5. The zero-order valence-corrected chi connectivity index (χ0v) is 10.4. The summed E-state index contributed by atoms with van der Waals surface area (Å²) >= 11 is 0. The molecule has 0 radical (unpaired) electrons. The molecule has 0 saturated carbocycles. The van der Waals surface area contributed by atoms with Crippen LogP contribution < -0.4 is 21.3 Å². The summed E-state index contributed by atoms with van der Waals surface area (Å²) in [5.41, 5.74) is 0. The van der Waals surface area contributed by atoms with Crippen molar-refractivity contribution in [3.8, 4) is 0 Å². The largest absolute Gasteiger partial charge is 0.355 e. The number of amides is 4. The molecule has 0 rings (SSSR count). The van der Waals surface area contributed by atoms with Crippen molar-refractivity contribution in [3.63, 3.8) is 0 Å². The molecule has 0 bridgehead atoms. The monoisotopic (exact) mass is 244 g/mol. The highest BCUT2D eigenvalue weighted by Gasteiger charge is 2.15. The third-order valence-electron chi connectivity index (χ3n) is 2.00. The molecule has 1 atom stereocenters. The Balaban J connectivity index is 3.84. The minimum atomic E-state index is -0.611. The molecule has 0 aromatic rings. The van der Waals surface area contributed by atoms with Crippen LogP contribution in [0.3, 0.4) is 0 Å². The van der Waals surface area contributed by atoms with Gasteiger partial charge in [-0.25, -0.2) is 4.79 Å². The van der Waals surface area contributed by atoms with Gasteiger partial charge in [-0.2, -0.15) is 0 Å². The Bertz CT molecular complexity index is 281. The van der Waals surface area contributed by atoms with Gasteiger partial charge in [0.15, 0.2) is 0 Å². The first-order valence-electron chi connectivity index (χ1n) is 5.53. The van der Waals surface area contributed by atoms with Crippen molar-refractivity contribution in [2.45, 2.75) is 26.3 Å². The molecule has 0 saturated heterocycles. The number of carbonyl (C=O) groups is 3. The van der Waals surface area contributed by atoms with Crippen molar-refractivity contribution >= 4 is 17.8 Å². The molecule has 4 amide bonds. The first kappa shape index (κ1) is 15.4. The Morgan fingerprint density at radius 3 is 2.41 bits per heavy atom. The first-order valence-corrected chi connectivity index (χ1v) is 5.53. The Kier molecular flexibility index (Phi) is 7.70. The minimum absolute atomic E-state index is 0.0440. The SMILES string of the molecule is CCCNC(=O)CNC(C)C(=O)NC(=O)NC. The second kappa shape index (κ2) is 8.51. The van der Waals surface area contributed by atoms with Gasteiger partial charge in [-0.3, -0.25) is 20.2 Å². The van der Waals surface area contributed by atoms with E-state index in [9.17, 15) is 14.4 Å². The van der Waals surface area contributed by atoms with E-state index >= 15 is 0 Å². The summed E-state index contributed by atoms with van der Waals surface area (Å²) in [6, 6.07) is -1.18. The van der Waals surface area contributed by atoms with Crippen LogP contribution in [-0.4, -0.2) is 44.0 Å². The molecule has 0 aliphatic heterocycles. The highest BCUT2D eigenvalue weighted by Crippen LogP contribution is 1.82. The zero-order chi connectivity index (χ0) is 13.3. The Morgan fingerprint density at radius 1 is 1.24 bits per heavy atom. The van der Waals surface area contributed by atoms with E-state index in [1.54, 1.807) is 6.92 Å². The number of hydrogen-bond donors (Lipinski definition) is 4. The molecule has 0 aromatic carbocycles. The van der Waals surface area contributed by atoms with Crippen LogP contribution in [0.1, 0.15) is 20.3 Å². The number of carbonyl (C=O) groups excluding carboxylic acids is 3. The van der Waals surface area contributed by atoms with Crippen LogP contribution in [0, 0.1) is 0 Å². The highest BCUT2D eigenvalue weighted by molar-refractivity contribution is 5.96. The Hall–Kier alpha value is -1.63. The lowest BCUT2D eigenvalue weighted by Gasteiger charge is -2.12. The number of rotatable bonds is 6. The lowest BCUT2D eigenvalue weighted by molar-refractivity contribution is -0.122.